The minimum absolute atomic E-state index is 0.0464. The summed E-state index contributed by atoms with van der Waals surface area (Å²) in [6.07, 6.45) is -2.56. The van der Waals surface area contributed by atoms with Crippen molar-refractivity contribution in [3.8, 4) is 17.6 Å². The van der Waals surface area contributed by atoms with Crippen molar-refractivity contribution in [2.75, 3.05) is 7.11 Å². The molecular weight excluding hydrogens is 473 g/mol. The molecular formula is C19H16ClF3N4O4S. The Hall–Kier alpha value is -2.96. The molecule has 170 valence electrons. The molecule has 1 N–H and O–H groups in total. The summed E-state index contributed by atoms with van der Waals surface area (Å²) in [5.74, 6) is -0.0622. The van der Waals surface area contributed by atoms with Crippen LogP contribution in [0.5, 0.6) is 17.6 Å². The zero-order valence-electron chi connectivity index (χ0n) is 16.6. The minimum atomic E-state index is -4.59. The van der Waals surface area contributed by atoms with E-state index in [9.17, 15) is 21.6 Å². The molecule has 8 nitrogen and oxygen atoms in total. The number of nitrogens with zero attached hydrogens (tertiary/aromatic N) is 3. The lowest BCUT2D eigenvalue weighted by molar-refractivity contribution is -0.137. The molecule has 2 aromatic heterocycles. The Morgan fingerprint density at radius 3 is 2.53 bits per heavy atom. The molecule has 0 spiro atoms. The fourth-order valence-electron chi connectivity index (χ4n) is 2.49. The first-order valence-electron chi connectivity index (χ1n) is 8.86. The molecule has 0 amide bonds. The molecule has 2 heterocycles. The summed E-state index contributed by atoms with van der Waals surface area (Å²) in [5.41, 5.74) is -0.213. The second kappa shape index (κ2) is 9.27. The van der Waals surface area contributed by atoms with Crippen LogP contribution in [-0.4, -0.2) is 30.5 Å². The van der Waals surface area contributed by atoms with Gasteiger partial charge in [0.2, 0.25) is 15.9 Å². The number of aryl methyl sites for hydroxylation is 1. The van der Waals surface area contributed by atoms with E-state index in [0.717, 1.165) is 0 Å². The van der Waals surface area contributed by atoms with Crippen molar-refractivity contribution in [1.29, 1.82) is 0 Å². The summed E-state index contributed by atoms with van der Waals surface area (Å²) in [6.45, 7) is 1.48. The molecule has 0 fully saturated rings. The predicted octanol–water partition coefficient (Wildman–Crippen LogP) is 4.13. The first kappa shape index (κ1) is 23.7. The number of benzene rings is 1. The first-order chi connectivity index (χ1) is 15.0. The highest BCUT2D eigenvalue weighted by molar-refractivity contribution is 7.89. The van der Waals surface area contributed by atoms with Crippen LogP contribution in [0.15, 0.2) is 47.6 Å². The maximum absolute atomic E-state index is 12.7. The number of hydrogen-bond donors (Lipinski definition) is 1. The van der Waals surface area contributed by atoms with Gasteiger partial charge in [0.1, 0.15) is 10.8 Å². The average Bonchev–Trinajstić information content (AvgIpc) is 2.74. The molecule has 0 aliphatic carbocycles. The number of pyridine rings is 1. The first-order valence-corrected chi connectivity index (χ1v) is 10.7. The van der Waals surface area contributed by atoms with E-state index in [0.29, 0.717) is 23.5 Å². The molecule has 0 aliphatic heterocycles. The van der Waals surface area contributed by atoms with Crippen LogP contribution >= 0.6 is 11.6 Å². The molecule has 0 bridgehead atoms. The van der Waals surface area contributed by atoms with Gasteiger partial charge in [0.05, 0.1) is 29.8 Å². The van der Waals surface area contributed by atoms with Crippen molar-refractivity contribution < 1.29 is 31.1 Å². The molecule has 0 atom stereocenters. The van der Waals surface area contributed by atoms with Gasteiger partial charge in [-0.2, -0.15) is 18.2 Å². The van der Waals surface area contributed by atoms with Gasteiger partial charge in [-0.15, -0.1) is 0 Å². The van der Waals surface area contributed by atoms with Crippen LogP contribution in [-0.2, 0) is 22.7 Å². The van der Waals surface area contributed by atoms with E-state index in [2.05, 4.69) is 19.7 Å². The Balaban J connectivity index is 1.75. The minimum Gasteiger partial charge on any atom is -0.467 e. The van der Waals surface area contributed by atoms with Crippen LogP contribution in [0.2, 0.25) is 5.02 Å². The van der Waals surface area contributed by atoms with Gasteiger partial charge >= 0.3 is 12.2 Å². The van der Waals surface area contributed by atoms with Gasteiger partial charge in [0.15, 0.2) is 0 Å². The van der Waals surface area contributed by atoms with Crippen molar-refractivity contribution in [2.24, 2.45) is 0 Å². The largest absolute Gasteiger partial charge is 0.467 e. The van der Waals surface area contributed by atoms with Gasteiger partial charge in [0.25, 0.3) is 0 Å². The Bertz CT molecular complexity index is 1240. The molecule has 3 aromatic rings. The van der Waals surface area contributed by atoms with E-state index in [1.54, 1.807) is 6.92 Å². The SMILES string of the molecule is COc1nccc(CNS(=O)(=O)c2ccc(Oc3ncc(C(F)(F)F)cc3Cl)c(C)c2)n1. The highest BCUT2D eigenvalue weighted by atomic mass is 35.5. The Kier molecular flexibility index (Phi) is 6.86. The second-order valence-electron chi connectivity index (χ2n) is 6.40. The number of halogens is 4. The molecule has 3 rings (SSSR count). The van der Waals surface area contributed by atoms with E-state index >= 15 is 0 Å². The topological polar surface area (TPSA) is 103 Å². The second-order valence-corrected chi connectivity index (χ2v) is 8.57. The molecule has 0 saturated carbocycles. The number of sulfonamides is 1. The number of hydrogen-bond acceptors (Lipinski definition) is 7. The molecule has 0 unspecified atom stereocenters. The summed E-state index contributed by atoms with van der Waals surface area (Å²) in [4.78, 5) is 11.4. The molecule has 0 aliphatic rings. The number of ether oxygens (including phenoxy) is 2. The molecule has 13 heteroatoms. The number of alkyl halides is 3. The molecule has 0 saturated heterocycles. The Labute approximate surface area is 186 Å². The van der Waals surface area contributed by atoms with E-state index in [1.165, 1.54) is 37.6 Å². The van der Waals surface area contributed by atoms with Crippen molar-refractivity contribution in [3.05, 3.63) is 64.6 Å². The fourth-order valence-corrected chi connectivity index (χ4v) is 3.78. The quantitative estimate of drug-likeness (QED) is 0.533. The zero-order valence-corrected chi connectivity index (χ0v) is 18.2. The van der Waals surface area contributed by atoms with Crippen LogP contribution < -0.4 is 14.2 Å². The lowest BCUT2D eigenvalue weighted by atomic mass is 10.2. The number of rotatable bonds is 7. The Morgan fingerprint density at radius 1 is 1.16 bits per heavy atom. The van der Waals surface area contributed by atoms with Crippen LogP contribution in [0.3, 0.4) is 0 Å². The van der Waals surface area contributed by atoms with Crippen LogP contribution in [0.4, 0.5) is 13.2 Å². The Morgan fingerprint density at radius 2 is 1.91 bits per heavy atom. The third-order valence-corrected chi connectivity index (χ3v) is 5.78. The number of methoxy groups -OCH3 is 1. The van der Waals surface area contributed by atoms with Crippen molar-refractivity contribution in [1.82, 2.24) is 19.7 Å². The average molecular weight is 489 g/mol. The summed E-state index contributed by atoms with van der Waals surface area (Å²) < 4.78 is 76.2. The monoisotopic (exact) mass is 488 g/mol. The summed E-state index contributed by atoms with van der Waals surface area (Å²) in [5, 5.41) is -0.335. The highest BCUT2D eigenvalue weighted by Gasteiger charge is 2.32. The summed E-state index contributed by atoms with van der Waals surface area (Å²) in [6, 6.07) is 6.32. The van der Waals surface area contributed by atoms with Crippen LogP contribution in [0, 0.1) is 6.92 Å². The van der Waals surface area contributed by atoms with Gasteiger partial charge in [-0.3, -0.25) is 0 Å². The maximum Gasteiger partial charge on any atom is 0.417 e. The van der Waals surface area contributed by atoms with Crippen molar-refractivity contribution >= 4 is 21.6 Å². The van der Waals surface area contributed by atoms with Gasteiger partial charge < -0.3 is 9.47 Å². The lowest BCUT2D eigenvalue weighted by Gasteiger charge is -2.13. The van der Waals surface area contributed by atoms with Gasteiger partial charge in [-0.25, -0.2) is 23.1 Å². The normalized spacial score (nSPS) is 11.9. The molecule has 1 aromatic carbocycles. The maximum atomic E-state index is 12.7. The third kappa shape index (κ3) is 5.64. The highest BCUT2D eigenvalue weighted by Crippen LogP contribution is 2.35. The fraction of sp³-hybridized carbons (Fsp3) is 0.211. The third-order valence-electron chi connectivity index (χ3n) is 4.12. The zero-order chi connectivity index (χ0) is 23.5. The summed E-state index contributed by atoms with van der Waals surface area (Å²) >= 11 is 5.85. The van der Waals surface area contributed by atoms with E-state index in [-0.39, 0.29) is 34.1 Å². The van der Waals surface area contributed by atoms with E-state index < -0.39 is 21.8 Å². The van der Waals surface area contributed by atoms with Gasteiger partial charge in [0, 0.05) is 12.4 Å². The lowest BCUT2D eigenvalue weighted by Crippen LogP contribution is -2.24. The number of aromatic nitrogens is 3. The van der Waals surface area contributed by atoms with Crippen LogP contribution in [0.25, 0.3) is 0 Å². The smallest absolute Gasteiger partial charge is 0.417 e. The summed E-state index contributed by atoms with van der Waals surface area (Å²) in [7, 11) is -2.50. The molecule has 0 radical (unpaired) electrons. The van der Waals surface area contributed by atoms with Crippen molar-refractivity contribution in [3.63, 3.8) is 0 Å². The van der Waals surface area contributed by atoms with Gasteiger partial charge in [-0.05, 0) is 42.8 Å². The van der Waals surface area contributed by atoms with Gasteiger partial charge in [-0.1, -0.05) is 11.6 Å². The standard InChI is InChI=1S/C19H16ClF3N4O4S/c1-11-7-14(32(28,29)26-10-13-5-6-24-18(27-13)30-2)3-4-16(11)31-17-15(20)8-12(9-25-17)19(21,22)23/h3-9,26H,10H2,1-2H3. The van der Waals surface area contributed by atoms with Crippen molar-refractivity contribution in [2.45, 2.75) is 24.5 Å². The van der Waals surface area contributed by atoms with E-state index in [1.807, 2.05) is 0 Å². The van der Waals surface area contributed by atoms with Crippen LogP contribution in [0.1, 0.15) is 16.8 Å². The number of nitrogens with one attached hydrogen (secondary N) is 1. The predicted molar refractivity (Wildman–Crippen MR) is 108 cm³/mol. The van der Waals surface area contributed by atoms with E-state index in [4.69, 9.17) is 21.1 Å². The molecule has 32 heavy (non-hydrogen) atoms.